The van der Waals surface area contributed by atoms with Crippen LogP contribution in [0.5, 0.6) is 0 Å². The van der Waals surface area contributed by atoms with Crippen LogP contribution in [0.2, 0.25) is 0 Å². The number of rotatable bonds is 3. The summed E-state index contributed by atoms with van der Waals surface area (Å²) in [5, 5.41) is 0. The van der Waals surface area contributed by atoms with Crippen molar-refractivity contribution in [3.05, 3.63) is 35.9 Å². The van der Waals surface area contributed by atoms with Crippen LogP contribution in [0.15, 0.2) is 30.3 Å². The molecule has 0 aromatic heterocycles. The Kier molecular flexibility index (Phi) is 3.24. The molecule has 1 aromatic carbocycles. The normalized spacial score (nSPS) is 28.2. The van der Waals surface area contributed by atoms with E-state index in [9.17, 15) is 8.78 Å². The highest BCUT2D eigenvalue weighted by Gasteiger charge is 2.50. The summed E-state index contributed by atoms with van der Waals surface area (Å²) in [6.07, 6.45) is 0.123. The Hall–Kier alpha value is -0.960. The third-order valence-corrected chi connectivity index (χ3v) is 3.17. The number of ether oxygens (including phenoxy) is 1. The number of halogens is 2. The van der Waals surface area contributed by atoms with Gasteiger partial charge >= 0.3 is 0 Å². The average Bonchev–Trinajstić information content (AvgIpc) is 2.53. The summed E-state index contributed by atoms with van der Waals surface area (Å²) in [6, 6.07) is 9.68. The van der Waals surface area contributed by atoms with Gasteiger partial charge in [0.25, 0.3) is 5.92 Å². The van der Waals surface area contributed by atoms with E-state index in [1.54, 1.807) is 6.92 Å². The maximum absolute atomic E-state index is 13.6. The molecule has 0 unspecified atom stereocenters. The molecule has 1 nitrogen and oxygen atoms in total. The first kappa shape index (κ1) is 11.5. The molecule has 0 saturated carbocycles. The van der Waals surface area contributed by atoms with Crippen LogP contribution in [-0.4, -0.2) is 18.6 Å². The molecule has 2 rings (SSSR count). The zero-order chi connectivity index (χ0) is 11.6. The van der Waals surface area contributed by atoms with Crippen LogP contribution >= 0.6 is 0 Å². The Bertz CT molecular complexity index is 337. The number of hydrogen-bond acceptors (Lipinski definition) is 1. The van der Waals surface area contributed by atoms with Crippen LogP contribution in [0, 0.1) is 5.92 Å². The molecule has 1 aliphatic rings. The van der Waals surface area contributed by atoms with Gasteiger partial charge in [-0.2, -0.15) is 0 Å². The summed E-state index contributed by atoms with van der Waals surface area (Å²) in [4.78, 5) is 0. The molecule has 1 fully saturated rings. The topological polar surface area (TPSA) is 9.23 Å². The fourth-order valence-electron chi connectivity index (χ4n) is 2.02. The van der Waals surface area contributed by atoms with Crippen LogP contribution in [0.25, 0.3) is 0 Å². The lowest BCUT2D eigenvalue weighted by Gasteiger charge is -2.20. The Balaban J connectivity index is 1.92. The lowest BCUT2D eigenvalue weighted by Crippen LogP contribution is -2.33. The molecule has 0 amide bonds. The van der Waals surface area contributed by atoms with E-state index < -0.39 is 17.9 Å². The van der Waals surface area contributed by atoms with Crippen LogP contribution in [0.4, 0.5) is 8.78 Å². The summed E-state index contributed by atoms with van der Waals surface area (Å²) in [5.74, 6) is -3.33. The summed E-state index contributed by atoms with van der Waals surface area (Å²) in [6.45, 7) is 1.72. The largest absolute Gasteiger partial charge is 0.371 e. The second-order valence-electron chi connectivity index (χ2n) is 4.42. The first-order valence-electron chi connectivity index (χ1n) is 5.64. The highest BCUT2D eigenvalue weighted by atomic mass is 19.3. The highest BCUT2D eigenvalue weighted by Crippen LogP contribution is 2.38. The van der Waals surface area contributed by atoms with Crippen molar-refractivity contribution < 1.29 is 13.5 Å². The molecule has 0 N–H and O–H groups in total. The van der Waals surface area contributed by atoms with Gasteiger partial charge in [0.1, 0.15) is 6.10 Å². The summed E-state index contributed by atoms with van der Waals surface area (Å²) >= 11 is 0. The van der Waals surface area contributed by atoms with Gasteiger partial charge in [0.15, 0.2) is 0 Å². The van der Waals surface area contributed by atoms with E-state index in [1.165, 1.54) is 0 Å². The van der Waals surface area contributed by atoms with Gasteiger partial charge in [-0.1, -0.05) is 37.3 Å². The number of hydrogen-bond donors (Lipinski definition) is 0. The predicted octanol–water partition coefficient (Wildman–Crippen LogP) is 3.29. The molecule has 0 bridgehead atoms. The highest BCUT2D eigenvalue weighted by molar-refractivity contribution is 5.15. The second kappa shape index (κ2) is 4.50. The first-order chi connectivity index (χ1) is 7.60. The Labute approximate surface area is 94.4 Å². The van der Waals surface area contributed by atoms with Crippen LogP contribution in [-0.2, 0) is 11.2 Å². The van der Waals surface area contributed by atoms with Crippen molar-refractivity contribution in [3.63, 3.8) is 0 Å². The summed E-state index contributed by atoms with van der Waals surface area (Å²) in [5.41, 5.74) is 1.08. The van der Waals surface area contributed by atoms with Crippen molar-refractivity contribution in [1.29, 1.82) is 0 Å². The van der Waals surface area contributed by atoms with Crippen LogP contribution < -0.4 is 0 Å². The van der Waals surface area contributed by atoms with Crippen molar-refractivity contribution in [3.8, 4) is 0 Å². The molecule has 3 heteroatoms. The van der Waals surface area contributed by atoms with Gasteiger partial charge in [0, 0.05) is 5.92 Å². The monoisotopic (exact) mass is 226 g/mol. The van der Waals surface area contributed by atoms with E-state index >= 15 is 0 Å². The van der Waals surface area contributed by atoms with Crippen molar-refractivity contribution in [2.45, 2.75) is 31.8 Å². The van der Waals surface area contributed by atoms with Gasteiger partial charge < -0.3 is 4.74 Å². The molecule has 0 radical (unpaired) electrons. The number of alkyl halides is 2. The SMILES string of the molecule is C[C@@H]1CO[C@H](CCc2ccccc2)C1(F)F. The molecule has 2 atom stereocenters. The van der Waals surface area contributed by atoms with Crippen LogP contribution in [0.1, 0.15) is 18.9 Å². The van der Waals surface area contributed by atoms with Crippen molar-refractivity contribution in [2.24, 2.45) is 5.92 Å². The Morgan fingerprint density at radius 1 is 1.31 bits per heavy atom. The summed E-state index contributed by atoms with van der Waals surface area (Å²) in [7, 11) is 0. The van der Waals surface area contributed by atoms with E-state index in [-0.39, 0.29) is 6.61 Å². The number of aryl methyl sites for hydroxylation is 1. The third-order valence-electron chi connectivity index (χ3n) is 3.17. The summed E-state index contributed by atoms with van der Waals surface area (Å²) < 4.78 is 32.3. The van der Waals surface area contributed by atoms with E-state index in [0.29, 0.717) is 12.8 Å². The van der Waals surface area contributed by atoms with Crippen molar-refractivity contribution in [1.82, 2.24) is 0 Å². The van der Waals surface area contributed by atoms with E-state index in [4.69, 9.17) is 4.74 Å². The minimum absolute atomic E-state index is 0.173. The smallest absolute Gasteiger partial charge is 0.278 e. The minimum Gasteiger partial charge on any atom is -0.371 e. The van der Waals surface area contributed by atoms with Crippen molar-refractivity contribution in [2.75, 3.05) is 6.61 Å². The third kappa shape index (κ3) is 2.24. The minimum atomic E-state index is -2.67. The quantitative estimate of drug-likeness (QED) is 0.768. The van der Waals surface area contributed by atoms with E-state index in [0.717, 1.165) is 5.56 Å². The zero-order valence-corrected chi connectivity index (χ0v) is 9.33. The van der Waals surface area contributed by atoms with E-state index in [1.807, 2.05) is 30.3 Å². The molecular weight excluding hydrogens is 210 g/mol. The second-order valence-corrected chi connectivity index (χ2v) is 4.42. The fraction of sp³-hybridized carbons (Fsp3) is 0.538. The molecular formula is C13H16F2O. The molecule has 88 valence electrons. The number of benzene rings is 1. The average molecular weight is 226 g/mol. The van der Waals surface area contributed by atoms with Gasteiger partial charge in [0.2, 0.25) is 0 Å². The molecule has 16 heavy (non-hydrogen) atoms. The lowest BCUT2D eigenvalue weighted by molar-refractivity contribution is -0.0861. The van der Waals surface area contributed by atoms with Gasteiger partial charge in [-0.15, -0.1) is 0 Å². The molecule has 1 heterocycles. The Morgan fingerprint density at radius 3 is 2.56 bits per heavy atom. The van der Waals surface area contributed by atoms with Crippen molar-refractivity contribution >= 4 is 0 Å². The maximum Gasteiger partial charge on any atom is 0.278 e. The molecule has 1 saturated heterocycles. The molecule has 1 aliphatic heterocycles. The van der Waals surface area contributed by atoms with Gasteiger partial charge in [-0.3, -0.25) is 0 Å². The standard InChI is InChI=1S/C13H16F2O/c1-10-9-16-12(13(10,14)15)8-7-11-5-3-2-4-6-11/h2-6,10,12H,7-9H2,1H3/t10-,12-/m1/s1. The van der Waals surface area contributed by atoms with E-state index in [2.05, 4.69) is 0 Å². The fourth-order valence-corrected chi connectivity index (χ4v) is 2.02. The lowest BCUT2D eigenvalue weighted by atomic mass is 9.98. The predicted molar refractivity (Wildman–Crippen MR) is 58.6 cm³/mol. The Morgan fingerprint density at radius 2 is 2.00 bits per heavy atom. The zero-order valence-electron chi connectivity index (χ0n) is 9.33. The maximum atomic E-state index is 13.6. The molecule has 0 spiro atoms. The molecule has 0 aliphatic carbocycles. The van der Waals surface area contributed by atoms with Gasteiger partial charge in [-0.25, -0.2) is 8.78 Å². The first-order valence-corrected chi connectivity index (χ1v) is 5.64. The van der Waals surface area contributed by atoms with Crippen LogP contribution in [0.3, 0.4) is 0 Å². The van der Waals surface area contributed by atoms with Gasteiger partial charge in [-0.05, 0) is 18.4 Å². The molecule has 1 aromatic rings. The van der Waals surface area contributed by atoms with Gasteiger partial charge in [0.05, 0.1) is 6.61 Å².